The van der Waals surface area contributed by atoms with Crippen LogP contribution in [-0.2, 0) is 0 Å². The minimum atomic E-state index is -0.361. The summed E-state index contributed by atoms with van der Waals surface area (Å²) in [5.41, 5.74) is 0.702. The Morgan fingerprint density at radius 1 is 1.15 bits per heavy atom. The van der Waals surface area contributed by atoms with Crippen molar-refractivity contribution >= 4 is 15.9 Å². The molecule has 0 saturated carbocycles. The molecule has 0 aliphatic rings. The van der Waals surface area contributed by atoms with Crippen molar-refractivity contribution in [2.75, 3.05) is 7.05 Å². The molecule has 0 fully saturated rings. The minimum absolute atomic E-state index is 0.0652. The van der Waals surface area contributed by atoms with E-state index in [9.17, 15) is 8.78 Å². The van der Waals surface area contributed by atoms with Gasteiger partial charge in [0.15, 0.2) is 0 Å². The third-order valence-corrected chi connectivity index (χ3v) is 3.60. The lowest BCUT2D eigenvalue weighted by Crippen LogP contribution is -2.13. The van der Waals surface area contributed by atoms with Gasteiger partial charge in [-0.15, -0.1) is 0 Å². The standard InChI is InChI=1S/C15H14BrF2NO/c1-9(19-2)12-7-10(17)3-6-15(12)20-11-4-5-14(18)13(16)8-11/h3-9,19H,1-2H3. The Morgan fingerprint density at radius 2 is 1.90 bits per heavy atom. The third-order valence-electron chi connectivity index (χ3n) is 2.99. The molecule has 1 unspecified atom stereocenters. The molecule has 106 valence electrons. The van der Waals surface area contributed by atoms with Crippen LogP contribution in [0.2, 0.25) is 0 Å². The van der Waals surface area contributed by atoms with Crippen LogP contribution in [0.15, 0.2) is 40.9 Å². The van der Waals surface area contributed by atoms with E-state index in [1.54, 1.807) is 13.1 Å². The molecule has 20 heavy (non-hydrogen) atoms. The molecule has 2 aromatic rings. The van der Waals surface area contributed by atoms with E-state index in [1.165, 1.54) is 30.3 Å². The molecule has 0 spiro atoms. The van der Waals surface area contributed by atoms with Crippen molar-refractivity contribution in [2.24, 2.45) is 0 Å². The summed E-state index contributed by atoms with van der Waals surface area (Å²) in [6.07, 6.45) is 0. The van der Waals surface area contributed by atoms with Gasteiger partial charge in [0, 0.05) is 11.6 Å². The fourth-order valence-corrected chi connectivity index (χ4v) is 2.13. The van der Waals surface area contributed by atoms with Crippen molar-refractivity contribution in [3.05, 3.63) is 58.1 Å². The molecule has 1 atom stereocenters. The molecule has 5 heteroatoms. The average molecular weight is 342 g/mol. The second-order valence-corrected chi connectivity index (χ2v) is 5.22. The molecule has 0 amide bonds. The first-order chi connectivity index (χ1) is 9.51. The molecule has 0 heterocycles. The lowest BCUT2D eigenvalue weighted by atomic mass is 10.1. The van der Waals surface area contributed by atoms with Gasteiger partial charge in [-0.25, -0.2) is 8.78 Å². The van der Waals surface area contributed by atoms with Gasteiger partial charge in [-0.2, -0.15) is 0 Å². The van der Waals surface area contributed by atoms with Crippen LogP contribution in [-0.4, -0.2) is 7.05 Å². The van der Waals surface area contributed by atoms with Crippen molar-refractivity contribution in [1.29, 1.82) is 0 Å². The predicted octanol–water partition coefficient (Wildman–Crippen LogP) is 4.80. The summed E-state index contributed by atoms with van der Waals surface area (Å²) in [5.74, 6) is 0.330. The van der Waals surface area contributed by atoms with Gasteiger partial charge in [-0.1, -0.05) is 0 Å². The highest BCUT2D eigenvalue weighted by Crippen LogP contribution is 2.32. The van der Waals surface area contributed by atoms with Gasteiger partial charge in [-0.3, -0.25) is 0 Å². The van der Waals surface area contributed by atoms with Crippen molar-refractivity contribution in [1.82, 2.24) is 5.32 Å². The number of halogens is 3. The maximum absolute atomic E-state index is 13.4. The van der Waals surface area contributed by atoms with Gasteiger partial charge < -0.3 is 10.1 Å². The van der Waals surface area contributed by atoms with Crippen molar-refractivity contribution in [2.45, 2.75) is 13.0 Å². The zero-order valence-corrected chi connectivity index (χ0v) is 12.7. The molecule has 0 radical (unpaired) electrons. The van der Waals surface area contributed by atoms with E-state index in [-0.39, 0.29) is 17.7 Å². The van der Waals surface area contributed by atoms with Crippen LogP contribution >= 0.6 is 15.9 Å². The van der Waals surface area contributed by atoms with E-state index in [4.69, 9.17) is 4.74 Å². The molecular weight excluding hydrogens is 328 g/mol. The second kappa shape index (κ2) is 6.33. The van der Waals surface area contributed by atoms with Gasteiger partial charge >= 0.3 is 0 Å². The highest BCUT2D eigenvalue weighted by Gasteiger charge is 2.13. The fraction of sp³-hybridized carbons (Fsp3) is 0.200. The van der Waals surface area contributed by atoms with E-state index in [0.717, 1.165) is 0 Å². The summed E-state index contributed by atoms with van der Waals surface area (Å²) in [5, 5.41) is 3.04. The lowest BCUT2D eigenvalue weighted by molar-refractivity contribution is 0.461. The fourth-order valence-electron chi connectivity index (χ4n) is 1.77. The zero-order valence-electron chi connectivity index (χ0n) is 11.1. The smallest absolute Gasteiger partial charge is 0.137 e. The van der Waals surface area contributed by atoms with E-state index >= 15 is 0 Å². The molecular formula is C15H14BrF2NO. The monoisotopic (exact) mass is 341 g/mol. The number of hydrogen-bond acceptors (Lipinski definition) is 2. The molecule has 2 rings (SSSR count). The normalized spacial score (nSPS) is 12.2. The minimum Gasteiger partial charge on any atom is -0.457 e. The van der Waals surface area contributed by atoms with Crippen LogP contribution in [0.4, 0.5) is 8.78 Å². The van der Waals surface area contributed by atoms with Crippen molar-refractivity contribution in [3.63, 3.8) is 0 Å². The Balaban J connectivity index is 2.35. The highest BCUT2D eigenvalue weighted by atomic mass is 79.9. The Labute approximate surface area is 124 Å². The highest BCUT2D eigenvalue weighted by molar-refractivity contribution is 9.10. The summed E-state index contributed by atoms with van der Waals surface area (Å²) < 4.78 is 32.6. The van der Waals surface area contributed by atoms with Crippen molar-refractivity contribution < 1.29 is 13.5 Å². The van der Waals surface area contributed by atoms with Crippen LogP contribution < -0.4 is 10.1 Å². The Morgan fingerprint density at radius 3 is 2.55 bits per heavy atom. The van der Waals surface area contributed by atoms with Gasteiger partial charge in [0.2, 0.25) is 0 Å². The molecule has 0 aliphatic heterocycles. The average Bonchev–Trinajstić information content (AvgIpc) is 2.44. The zero-order chi connectivity index (χ0) is 14.7. The molecule has 2 nitrogen and oxygen atoms in total. The molecule has 0 aliphatic carbocycles. The molecule has 2 aromatic carbocycles. The van der Waals surface area contributed by atoms with Crippen LogP contribution in [0.1, 0.15) is 18.5 Å². The van der Waals surface area contributed by atoms with Crippen LogP contribution in [0, 0.1) is 11.6 Å². The van der Waals surface area contributed by atoms with Gasteiger partial charge in [0.1, 0.15) is 23.1 Å². The Hall–Kier alpha value is -1.46. The van der Waals surface area contributed by atoms with Gasteiger partial charge in [0.25, 0.3) is 0 Å². The van der Waals surface area contributed by atoms with Gasteiger partial charge in [0.05, 0.1) is 4.47 Å². The number of nitrogens with one attached hydrogen (secondary N) is 1. The van der Waals surface area contributed by atoms with Crippen LogP contribution in [0.5, 0.6) is 11.5 Å². The summed E-state index contributed by atoms with van der Waals surface area (Å²) in [7, 11) is 1.79. The first-order valence-electron chi connectivity index (χ1n) is 6.11. The molecule has 0 bridgehead atoms. The molecule has 0 saturated heterocycles. The number of rotatable bonds is 4. The van der Waals surface area contributed by atoms with Crippen LogP contribution in [0.3, 0.4) is 0 Å². The van der Waals surface area contributed by atoms with E-state index in [2.05, 4.69) is 21.2 Å². The molecule has 1 N–H and O–H groups in total. The summed E-state index contributed by atoms with van der Waals surface area (Å²) in [6.45, 7) is 1.90. The maximum Gasteiger partial charge on any atom is 0.137 e. The SMILES string of the molecule is CNC(C)c1cc(F)ccc1Oc1ccc(F)c(Br)c1. The van der Waals surface area contributed by atoms with Gasteiger partial charge in [-0.05, 0) is 66.3 Å². The molecule has 0 aromatic heterocycles. The van der Waals surface area contributed by atoms with E-state index < -0.39 is 0 Å². The maximum atomic E-state index is 13.4. The number of hydrogen-bond donors (Lipinski definition) is 1. The summed E-state index contributed by atoms with van der Waals surface area (Å²) in [4.78, 5) is 0. The summed E-state index contributed by atoms with van der Waals surface area (Å²) >= 11 is 3.10. The van der Waals surface area contributed by atoms with Crippen molar-refractivity contribution in [3.8, 4) is 11.5 Å². The largest absolute Gasteiger partial charge is 0.457 e. The predicted molar refractivity (Wildman–Crippen MR) is 78.0 cm³/mol. The number of ether oxygens (including phenoxy) is 1. The Bertz CT molecular complexity index is 619. The van der Waals surface area contributed by atoms with E-state index in [0.29, 0.717) is 21.5 Å². The Kier molecular flexibility index (Phi) is 4.73. The first-order valence-corrected chi connectivity index (χ1v) is 6.90. The summed E-state index contributed by atoms with van der Waals surface area (Å²) in [6, 6.07) is 8.63. The first kappa shape index (κ1) is 14.9. The second-order valence-electron chi connectivity index (χ2n) is 4.37. The lowest BCUT2D eigenvalue weighted by Gasteiger charge is -2.16. The van der Waals surface area contributed by atoms with Crippen LogP contribution in [0.25, 0.3) is 0 Å². The number of benzene rings is 2. The topological polar surface area (TPSA) is 21.3 Å². The van der Waals surface area contributed by atoms with E-state index in [1.807, 2.05) is 6.92 Å². The third kappa shape index (κ3) is 3.35. The quantitative estimate of drug-likeness (QED) is 0.862.